The van der Waals surface area contributed by atoms with Crippen molar-refractivity contribution in [2.45, 2.75) is 27.3 Å². The van der Waals surface area contributed by atoms with Gasteiger partial charge in [0.25, 0.3) is 5.91 Å². The zero-order chi connectivity index (χ0) is 14.7. The quantitative estimate of drug-likeness (QED) is 0.909. The second kappa shape index (κ2) is 6.05. The summed E-state index contributed by atoms with van der Waals surface area (Å²) >= 11 is 1.70. The number of amides is 1. The molecule has 1 aromatic heterocycles. The van der Waals surface area contributed by atoms with E-state index in [1.165, 1.54) is 4.88 Å². The van der Waals surface area contributed by atoms with Crippen LogP contribution in [-0.2, 0) is 6.54 Å². The number of aromatic nitrogens is 1. The molecule has 0 spiro atoms. The fourth-order valence-corrected chi connectivity index (χ4v) is 2.89. The maximum Gasteiger partial charge on any atom is 0.251 e. The van der Waals surface area contributed by atoms with E-state index in [-0.39, 0.29) is 5.91 Å². The first-order chi connectivity index (χ1) is 9.51. The van der Waals surface area contributed by atoms with Gasteiger partial charge in [0.05, 0.1) is 17.2 Å². The number of aryl methyl sites for hydroxylation is 3. The van der Waals surface area contributed by atoms with Crippen LogP contribution in [0, 0.1) is 20.8 Å². The Balaban J connectivity index is 2.16. The highest BCUT2D eigenvalue weighted by molar-refractivity contribution is 7.11. The number of carbonyl (C=O) groups is 1. The first-order valence-corrected chi connectivity index (χ1v) is 7.32. The van der Waals surface area contributed by atoms with Crippen molar-refractivity contribution in [2.24, 2.45) is 0 Å². The molecule has 1 amide bonds. The number of hydrogen-bond donors (Lipinski definition) is 2. The zero-order valence-electron chi connectivity index (χ0n) is 12.2. The van der Waals surface area contributed by atoms with E-state index in [0.717, 1.165) is 28.5 Å². The Morgan fingerprint density at radius 2 is 2.05 bits per heavy atom. The maximum atomic E-state index is 11.7. The van der Waals surface area contributed by atoms with E-state index in [1.807, 2.05) is 39.0 Å². The highest BCUT2D eigenvalue weighted by atomic mass is 32.1. The third-order valence-corrected chi connectivity index (χ3v) is 4.24. The standard InChI is InChI=1S/C15H19N3OS/c1-9-5-6-12(15(19)16-4)7-13(9)17-8-14-10(2)18-11(3)20-14/h5-7,17H,8H2,1-4H3,(H,16,19). The van der Waals surface area contributed by atoms with Gasteiger partial charge >= 0.3 is 0 Å². The van der Waals surface area contributed by atoms with Crippen LogP contribution in [0.1, 0.15) is 31.5 Å². The molecule has 0 aliphatic rings. The topological polar surface area (TPSA) is 54.0 Å². The van der Waals surface area contributed by atoms with Crippen LogP contribution in [0.25, 0.3) is 0 Å². The summed E-state index contributed by atoms with van der Waals surface area (Å²) in [6, 6.07) is 5.68. The number of carbonyl (C=O) groups excluding carboxylic acids is 1. The number of hydrogen-bond acceptors (Lipinski definition) is 4. The van der Waals surface area contributed by atoms with E-state index in [1.54, 1.807) is 18.4 Å². The molecule has 0 radical (unpaired) electrons. The van der Waals surface area contributed by atoms with Crippen molar-refractivity contribution in [3.05, 3.63) is 44.9 Å². The van der Waals surface area contributed by atoms with Crippen LogP contribution >= 0.6 is 11.3 Å². The molecule has 4 nitrogen and oxygen atoms in total. The molecule has 0 fully saturated rings. The molecule has 1 heterocycles. The van der Waals surface area contributed by atoms with Gasteiger partial charge in [0, 0.05) is 23.2 Å². The van der Waals surface area contributed by atoms with Crippen LogP contribution in [0.5, 0.6) is 0 Å². The van der Waals surface area contributed by atoms with E-state index >= 15 is 0 Å². The second-order valence-electron chi connectivity index (χ2n) is 4.70. The van der Waals surface area contributed by atoms with Gasteiger partial charge in [-0.1, -0.05) is 6.07 Å². The van der Waals surface area contributed by atoms with Crippen molar-refractivity contribution in [1.82, 2.24) is 10.3 Å². The Kier molecular flexibility index (Phi) is 4.39. The molecule has 106 valence electrons. The lowest BCUT2D eigenvalue weighted by molar-refractivity contribution is 0.0963. The van der Waals surface area contributed by atoms with E-state index in [0.29, 0.717) is 5.56 Å². The summed E-state index contributed by atoms with van der Waals surface area (Å²) in [5.41, 5.74) is 3.84. The first kappa shape index (κ1) is 14.5. The molecule has 0 saturated heterocycles. The van der Waals surface area contributed by atoms with E-state index < -0.39 is 0 Å². The number of anilines is 1. The number of nitrogens with one attached hydrogen (secondary N) is 2. The molecule has 0 aliphatic carbocycles. The van der Waals surface area contributed by atoms with Gasteiger partial charge in [0.1, 0.15) is 0 Å². The van der Waals surface area contributed by atoms with Gasteiger partial charge in [-0.05, 0) is 38.5 Å². The lowest BCUT2D eigenvalue weighted by Crippen LogP contribution is -2.18. The van der Waals surface area contributed by atoms with Gasteiger partial charge in [-0.25, -0.2) is 4.98 Å². The largest absolute Gasteiger partial charge is 0.380 e. The minimum absolute atomic E-state index is 0.0714. The van der Waals surface area contributed by atoms with Crippen LogP contribution in [0.4, 0.5) is 5.69 Å². The summed E-state index contributed by atoms with van der Waals surface area (Å²) in [5, 5.41) is 7.11. The number of rotatable bonds is 4. The number of nitrogens with zero attached hydrogens (tertiary/aromatic N) is 1. The average molecular weight is 289 g/mol. The third kappa shape index (κ3) is 3.17. The van der Waals surface area contributed by atoms with E-state index in [2.05, 4.69) is 15.6 Å². The van der Waals surface area contributed by atoms with E-state index in [9.17, 15) is 4.79 Å². The Morgan fingerprint density at radius 3 is 2.65 bits per heavy atom. The van der Waals surface area contributed by atoms with Crippen LogP contribution < -0.4 is 10.6 Å². The molecule has 1 aromatic carbocycles. The third-order valence-electron chi connectivity index (χ3n) is 3.17. The zero-order valence-corrected chi connectivity index (χ0v) is 13.0. The van der Waals surface area contributed by atoms with Gasteiger partial charge in [0.2, 0.25) is 0 Å². The van der Waals surface area contributed by atoms with Crippen LogP contribution in [0.2, 0.25) is 0 Å². The smallest absolute Gasteiger partial charge is 0.251 e. The molecular formula is C15H19N3OS. The summed E-state index contributed by atoms with van der Waals surface area (Å²) in [5.74, 6) is -0.0714. The highest BCUT2D eigenvalue weighted by Gasteiger charge is 2.08. The van der Waals surface area contributed by atoms with Crippen molar-refractivity contribution in [2.75, 3.05) is 12.4 Å². The van der Waals surface area contributed by atoms with Crippen molar-refractivity contribution in [3.63, 3.8) is 0 Å². The highest BCUT2D eigenvalue weighted by Crippen LogP contribution is 2.21. The average Bonchev–Trinajstić information content (AvgIpc) is 2.75. The fraction of sp³-hybridized carbons (Fsp3) is 0.333. The van der Waals surface area contributed by atoms with Gasteiger partial charge in [0.15, 0.2) is 0 Å². The molecule has 2 aromatic rings. The molecular weight excluding hydrogens is 270 g/mol. The first-order valence-electron chi connectivity index (χ1n) is 6.50. The fourth-order valence-electron chi connectivity index (χ4n) is 2.01. The van der Waals surface area contributed by atoms with Crippen LogP contribution in [0.3, 0.4) is 0 Å². The number of benzene rings is 1. The second-order valence-corrected chi connectivity index (χ2v) is 5.99. The SMILES string of the molecule is CNC(=O)c1ccc(C)c(NCc2sc(C)nc2C)c1. The molecule has 0 bridgehead atoms. The molecule has 2 N–H and O–H groups in total. The molecule has 5 heteroatoms. The van der Waals surface area contributed by atoms with Gasteiger partial charge in [-0.15, -0.1) is 11.3 Å². The summed E-state index contributed by atoms with van der Waals surface area (Å²) < 4.78 is 0. The Morgan fingerprint density at radius 1 is 1.30 bits per heavy atom. The predicted octanol–water partition coefficient (Wildman–Crippen LogP) is 3.04. The van der Waals surface area contributed by atoms with Crippen molar-refractivity contribution in [1.29, 1.82) is 0 Å². The normalized spacial score (nSPS) is 10.4. The monoisotopic (exact) mass is 289 g/mol. The van der Waals surface area contributed by atoms with Gasteiger partial charge in [-0.3, -0.25) is 4.79 Å². The van der Waals surface area contributed by atoms with Crippen LogP contribution in [0.15, 0.2) is 18.2 Å². The Bertz CT molecular complexity index is 634. The van der Waals surface area contributed by atoms with Crippen molar-refractivity contribution in [3.8, 4) is 0 Å². The molecule has 0 saturated carbocycles. The van der Waals surface area contributed by atoms with Gasteiger partial charge < -0.3 is 10.6 Å². The van der Waals surface area contributed by atoms with E-state index in [4.69, 9.17) is 0 Å². The summed E-state index contributed by atoms with van der Waals surface area (Å²) in [7, 11) is 1.64. The lowest BCUT2D eigenvalue weighted by Gasteiger charge is -2.10. The van der Waals surface area contributed by atoms with Crippen molar-refractivity contribution < 1.29 is 4.79 Å². The van der Waals surface area contributed by atoms with Crippen molar-refractivity contribution >= 4 is 22.9 Å². The van der Waals surface area contributed by atoms with Gasteiger partial charge in [-0.2, -0.15) is 0 Å². The molecule has 0 unspecified atom stereocenters. The lowest BCUT2D eigenvalue weighted by atomic mass is 10.1. The number of thiazole rings is 1. The minimum Gasteiger partial charge on any atom is -0.380 e. The molecule has 20 heavy (non-hydrogen) atoms. The maximum absolute atomic E-state index is 11.7. The summed E-state index contributed by atoms with van der Waals surface area (Å²) in [4.78, 5) is 17.3. The Hall–Kier alpha value is -1.88. The molecule has 0 aliphatic heterocycles. The Labute approximate surface area is 123 Å². The predicted molar refractivity (Wildman–Crippen MR) is 83.5 cm³/mol. The summed E-state index contributed by atoms with van der Waals surface area (Å²) in [6.45, 7) is 6.79. The minimum atomic E-state index is -0.0714. The molecule has 2 rings (SSSR count). The summed E-state index contributed by atoms with van der Waals surface area (Å²) in [6.07, 6.45) is 0. The molecule has 0 atom stereocenters. The van der Waals surface area contributed by atoms with Crippen LogP contribution in [-0.4, -0.2) is 17.9 Å².